The molecule has 1 heterocycles. The zero-order chi connectivity index (χ0) is 14.6. The summed E-state index contributed by atoms with van der Waals surface area (Å²) >= 11 is 0. The highest BCUT2D eigenvalue weighted by Crippen LogP contribution is 2.63. The summed E-state index contributed by atoms with van der Waals surface area (Å²) in [5, 5.41) is 9.15. The highest BCUT2D eigenvalue weighted by Gasteiger charge is 2.66. The van der Waals surface area contributed by atoms with Gasteiger partial charge in [-0.05, 0) is 38.0 Å². The highest BCUT2D eigenvalue weighted by atomic mass is 16.6. The van der Waals surface area contributed by atoms with Crippen LogP contribution in [0.15, 0.2) is 0 Å². The molecule has 1 saturated heterocycles. The first-order valence-corrected chi connectivity index (χ1v) is 6.75. The Morgan fingerprint density at radius 1 is 1.26 bits per heavy atom. The third-order valence-electron chi connectivity index (χ3n) is 4.25. The molecule has 1 aliphatic heterocycles. The molecule has 2 rings (SSSR count). The van der Waals surface area contributed by atoms with Crippen molar-refractivity contribution in [1.82, 2.24) is 4.90 Å². The Bertz CT molecular complexity index is 404. The third kappa shape index (κ3) is 2.55. The number of nitrogens with zero attached hydrogens (tertiary/aromatic N) is 1. The standard InChI is InChI=1S/C14H23NO4/c1-13(2,3)19-12(18)15-6-8(7-15)9-10(11(16)17)14(9,4)5/h8-10H,6-7H2,1-5H3,(H,16,17). The quantitative estimate of drug-likeness (QED) is 0.834. The maximum atomic E-state index is 11.8. The number of hydrogen-bond donors (Lipinski definition) is 1. The van der Waals surface area contributed by atoms with E-state index in [1.807, 2.05) is 34.6 Å². The summed E-state index contributed by atoms with van der Waals surface area (Å²) in [4.78, 5) is 24.6. The molecule has 0 aromatic heterocycles. The molecular formula is C14H23NO4. The van der Waals surface area contributed by atoms with Crippen LogP contribution in [0.25, 0.3) is 0 Å². The van der Waals surface area contributed by atoms with Crippen molar-refractivity contribution in [3.8, 4) is 0 Å². The second-order valence-corrected chi connectivity index (χ2v) is 7.31. The molecule has 5 nitrogen and oxygen atoms in total. The Balaban J connectivity index is 1.85. The second kappa shape index (κ2) is 4.12. The normalized spacial score (nSPS) is 29.6. The van der Waals surface area contributed by atoms with E-state index in [4.69, 9.17) is 9.84 Å². The van der Waals surface area contributed by atoms with E-state index in [1.54, 1.807) is 4.90 Å². The number of ether oxygens (including phenoxy) is 1. The molecule has 5 heteroatoms. The van der Waals surface area contributed by atoms with Gasteiger partial charge in [0.05, 0.1) is 5.92 Å². The molecule has 0 aromatic carbocycles. The van der Waals surface area contributed by atoms with Crippen LogP contribution in [0.4, 0.5) is 4.79 Å². The molecule has 2 atom stereocenters. The Labute approximate surface area is 113 Å². The minimum atomic E-state index is -0.717. The van der Waals surface area contributed by atoms with Crippen molar-refractivity contribution in [3.63, 3.8) is 0 Å². The number of likely N-dealkylation sites (tertiary alicyclic amines) is 1. The van der Waals surface area contributed by atoms with Crippen molar-refractivity contribution in [2.45, 2.75) is 40.2 Å². The number of carboxylic acids is 1. The zero-order valence-corrected chi connectivity index (χ0v) is 12.3. The molecule has 1 aliphatic carbocycles. The van der Waals surface area contributed by atoms with Crippen molar-refractivity contribution in [1.29, 1.82) is 0 Å². The maximum absolute atomic E-state index is 11.8. The minimum Gasteiger partial charge on any atom is -0.481 e. The molecule has 2 fully saturated rings. The van der Waals surface area contributed by atoms with E-state index >= 15 is 0 Å². The maximum Gasteiger partial charge on any atom is 0.410 e. The molecule has 0 aromatic rings. The van der Waals surface area contributed by atoms with E-state index in [2.05, 4.69) is 0 Å². The van der Waals surface area contributed by atoms with Crippen LogP contribution in [0.2, 0.25) is 0 Å². The van der Waals surface area contributed by atoms with E-state index in [-0.39, 0.29) is 23.3 Å². The van der Waals surface area contributed by atoms with Gasteiger partial charge in [0, 0.05) is 13.1 Å². The molecule has 19 heavy (non-hydrogen) atoms. The number of hydrogen-bond acceptors (Lipinski definition) is 3. The van der Waals surface area contributed by atoms with Gasteiger partial charge < -0.3 is 14.7 Å². The first-order chi connectivity index (χ1) is 8.54. The van der Waals surface area contributed by atoms with Crippen molar-refractivity contribution < 1.29 is 19.4 Å². The van der Waals surface area contributed by atoms with Crippen LogP contribution in [0.5, 0.6) is 0 Å². The molecule has 2 unspecified atom stereocenters. The van der Waals surface area contributed by atoms with Gasteiger partial charge in [-0.3, -0.25) is 4.79 Å². The van der Waals surface area contributed by atoms with Gasteiger partial charge in [0.25, 0.3) is 0 Å². The van der Waals surface area contributed by atoms with Gasteiger partial charge in [-0.2, -0.15) is 0 Å². The second-order valence-electron chi connectivity index (χ2n) is 7.31. The number of aliphatic carboxylic acids is 1. The van der Waals surface area contributed by atoms with Gasteiger partial charge in [0.15, 0.2) is 0 Å². The Hall–Kier alpha value is -1.26. The van der Waals surface area contributed by atoms with Crippen molar-refractivity contribution in [2.75, 3.05) is 13.1 Å². The van der Waals surface area contributed by atoms with Gasteiger partial charge >= 0.3 is 12.1 Å². The minimum absolute atomic E-state index is 0.142. The largest absolute Gasteiger partial charge is 0.481 e. The first kappa shape index (κ1) is 14.2. The fourth-order valence-corrected chi connectivity index (χ4v) is 3.24. The van der Waals surface area contributed by atoms with Crippen molar-refractivity contribution in [2.24, 2.45) is 23.2 Å². The van der Waals surface area contributed by atoms with E-state index in [0.29, 0.717) is 19.0 Å². The Kier molecular flexibility index (Phi) is 3.07. The smallest absolute Gasteiger partial charge is 0.410 e. The van der Waals surface area contributed by atoms with Crippen LogP contribution in [0.3, 0.4) is 0 Å². The van der Waals surface area contributed by atoms with Crippen LogP contribution in [0.1, 0.15) is 34.6 Å². The fraction of sp³-hybridized carbons (Fsp3) is 0.857. The summed E-state index contributed by atoms with van der Waals surface area (Å²) in [7, 11) is 0. The van der Waals surface area contributed by atoms with Crippen LogP contribution in [-0.4, -0.2) is 40.8 Å². The lowest BCUT2D eigenvalue weighted by atomic mass is 9.90. The van der Waals surface area contributed by atoms with Crippen molar-refractivity contribution >= 4 is 12.1 Å². The van der Waals surface area contributed by atoms with E-state index < -0.39 is 11.6 Å². The number of carbonyl (C=O) groups excluding carboxylic acids is 1. The molecule has 1 saturated carbocycles. The lowest BCUT2D eigenvalue weighted by Crippen LogP contribution is -2.52. The zero-order valence-electron chi connectivity index (χ0n) is 12.3. The number of rotatable bonds is 2. The molecule has 1 amide bonds. The van der Waals surface area contributed by atoms with Crippen LogP contribution in [0, 0.1) is 23.2 Å². The highest BCUT2D eigenvalue weighted by molar-refractivity contribution is 5.76. The average Bonchev–Trinajstić information content (AvgIpc) is 2.62. The lowest BCUT2D eigenvalue weighted by Gasteiger charge is -2.40. The topological polar surface area (TPSA) is 66.8 Å². The molecule has 0 spiro atoms. The van der Waals surface area contributed by atoms with E-state index in [9.17, 15) is 9.59 Å². The van der Waals surface area contributed by atoms with Gasteiger partial charge in [-0.25, -0.2) is 4.79 Å². The summed E-state index contributed by atoms with van der Waals surface area (Å²) in [5.41, 5.74) is -0.624. The van der Waals surface area contributed by atoms with Gasteiger partial charge in [0.2, 0.25) is 0 Å². The predicted molar refractivity (Wildman–Crippen MR) is 69.7 cm³/mol. The van der Waals surface area contributed by atoms with Crippen molar-refractivity contribution in [3.05, 3.63) is 0 Å². The summed E-state index contributed by atoms with van der Waals surface area (Å²) in [6.45, 7) is 10.7. The van der Waals surface area contributed by atoms with Crippen LogP contribution < -0.4 is 0 Å². The third-order valence-corrected chi connectivity index (χ3v) is 4.25. The average molecular weight is 269 g/mol. The molecular weight excluding hydrogens is 246 g/mol. The molecule has 0 radical (unpaired) electrons. The van der Waals surface area contributed by atoms with Gasteiger partial charge in [-0.15, -0.1) is 0 Å². The molecule has 0 bridgehead atoms. The summed E-state index contributed by atoms with van der Waals surface area (Å²) < 4.78 is 5.29. The van der Waals surface area contributed by atoms with E-state index in [0.717, 1.165) is 0 Å². The van der Waals surface area contributed by atoms with Crippen LogP contribution >= 0.6 is 0 Å². The molecule has 1 N–H and O–H groups in total. The number of amides is 1. The van der Waals surface area contributed by atoms with Crippen LogP contribution in [-0.2, 0) is 9.53 Å². The number of carboxylic acid groups (broad SMARTS) is 1. The Morgan fingerprint density at radius 3 is 2.16 bits per heavy atom. The summed E-state index contributed by atoms with van der Waals surface area (Å²) in [5.74, 6) is -0.503. The number of carbonyl (C=O) groups is 2. The molecule has 2 aliphatic rings. The molecule has 108 valence electrons. The Morgan fingerprint density at radius 2 is 1.79 bits per heavy atom. The first-order valence-electron chi connectivity index (χ1n) is 6.75. The SMILES string of the molecule is CC(C)(C)OC(=O)N1CC(C2C(C(=O)O)C2(C)C)C1. The fourth-order valence-electron chi connectivity index (χ4n) is 3.24. The predicted octanol–water partition coefficient (Wildman–Crippen LogP) is 2.21. The lowest BCUT2D eigenvalue weighted by molar-refractivity contribution is -0.139. The summed E-state index contributed by atoms with van der Waals surface area (Å²) in [6.07, 6.45) is -0.297. The summed E-state index contributed by atoms with van der Waals surface area (Å²) in [6, 6.07) is 0. The monoisotopic (exact) mass is 269 g/mol. The van der Waals surface area contributed by atoms with Gasteiger partial charge in [-0.1, -0.05) is 13.8 Å². The van der Waals surface area contributed by atoms with E-state index in [1.165, 1.54) is 0 Å². The van der Waals surface area contributed by atoms with Gasteiger partial charge in [0.1, 0.15) is 5.60 Å².